The molecule has 0 spiro atoms. The molecular weight excluding hydrogens is 327 g/mol. The first-order valence-electron chi connectivity index (χ1n) is 8.87. The number of rotatable bonds is 4. The summed E-state index contributed by atoms with van der Waals surface area (Å²) in [5.74, 6) is -0.00713. The second-order valence-corrected chi connectivity index (χ2v) is 7.03. The van der Waals surface area contributed by atoms with E-state index in [0.717, 1.165) is 5.56 Å². The van der Waals surface area contributed by atoms with Gasteiger partial charge in [-0.05, 0) is 35.2 Å². The van der Waals surface area contributed by atoms with Crippen molar-refractivity contribution < 1.29 is 9.18 Å². The third-order valence-electron chi connectivity index (χ3n) is 5.00. The third kappa shape index (κ3) is 2.71. The maximum atomic E-state index is 14.6. The number of hydrogen-bond donors (Lipinski definition) is 0. The molecule has 0 bridgehead atoms. The molecular formula is C22H21FN2O. The highest BCUT2D eigenvalue weighted by Crippen LogP contribution is 2.40. The smallest absolute Gasteiger partial charge is 0.255 e. The third-order valence-corrected chi connectivity index (χ3v) is 5.00. The second-order valence-electron chi connectivity index (χ2n) is 7.03. The van der Waals surface area contributed by atoms with Crippen LogP contribution in [-0.4, -0.2) is 10.5 Å². The Kier molecular flexibility index (Phi) is 4.11. The molecule has 0 saturated carbocycles. The molecule has 1 atom stereocenters. The van der Waals surface area contributed by atoms with Crippen molar-refractivity contribution in [1.29, 1.82) is 0 Å². The van der Waals surface area contributed by atoms with Gasteiger partial charge in [0.15, 0.2) is 0 Å². The Morgan fingerprint density at radius 1 is 1.00 bits per heavy atom. The predicted octanol–water partition coefficient (Wildman–Crippen LogP) is 4.89. The van der Waals surface area contributed by atoms with Crippen molar-refractivity contribution in [1.82, 2.24) is 4.57 Å². The van der Waals surface area contributed by atoms with Gasteiger partial charge in [-0.2, -0.15) is 0 Å². The van der Waals surface area contributed by atoms with Crippen LogP contribution >= 0.6 is 0 Å². The highest BCUT2D eigenvalue weighted by molar-refractivity contribution is 6.05. The summed E-state index contributed by atoms with van der Waals surface area (Å²) in [5, 5.41) is 0. The van der Waals surface area contributed by atoms with Crippen LogP contribution < -0.4 is 4.90 Å². The molecule has 0 aliphatic carbocycles. The molecule has 1 aliphatic heterocycles. The number of benzene rings is 2. The molecule has 4 rings (SSSR count). The lowest BCUT2D eigenvalue weighted by Crippen LogP contribution is -2.30. The number of anilines is 1. The Balaban J connectivity index is 1.71. The number of halogens is 1. The van der Waals surface area contributed by atoms with E-state index in [1.165, 1.54) is 11.6 Å². The van der Waals surface area contributed by atoms with E-state index in [0.29, 0.717) is 23.7 Å². The zero-order chi connectivity index (χ0) is 18.3. The van der Waals surface area contributed by atoms with Crippen LogP contribution in [-0.2, 0) is 11.3 Å². The number of aromatic nitrogens is 1. The molecule has 0 radical (unpaired) electrons. The van der Waals surface area contributed by atoms with Gasteiger partial charge in [-0.15, -0.1) is 0 Å². The Labute approximate surface area is 152 Å². The zero-order valence-corrected chi connectivity index (χ0v) is 14.9. The minimum Gasteiger partial charge on any atom is -0.338 e. The fourth-order valence-corrected chi connectivity index (χ4v) is 3.58. The molecule has 1 aromatic heterocycles. The van der Waals surface area contributed by atoms with Crippen LogP contribution in [0.3, 0.4) is 0 Å². The van der Waals surface area contributed by atoms with E-state index in [1.807, 2.05) is 47.3 Å². The van der Waals surface area contributed by atoms with Crippen molar-refractivity contribution in [3.8, 4) is 0 Å². The summed E-state index contributed by atoms with van der Waals surface area (Å²) in [6.45, 7) is 4.65. The number of nitrogens with zero attached hydrogens (tertiary/aromatic N) is 2. The minimum atomic E-state index is -0.509. The Morgan fingerprint density at radius 3 is 2.35 bits per heavy atom. The number of carbonyl (C=O) groups is 1. The molecule has 2 heterocycles. The summed E-state index contributed by atoms with van der Waals surface area (Å²) in [5.41, 5.74) is 3.34. The first-order valence-corrected chi connectivity index (χ1v) is 8.87. The van der Waals surface area contributed by atoms with Crippen LogP contribution in [0.4, 0.5) is 10.1 Å². The van der Waals surface area contributed by atoms with Gasteiger partial charge in [-0.3, -0.25) is 4.79 Å². The molecule has 1 aliphatic rings. The molecule has 132 valence electrons. The maximum Gasteiger partial charge on any atom is 0.255 e. The van der Waals surface area contributed by atoms with Crippen LogP contribution in [0.2, 0.25) is 0 Å². The number of fused-ring (bicyclic) bond motifs is 1. The van der Waals surface area contributed by atoms with E-state index in [9.17, 15) is 9.18 Å². The van der Waals surface area contributed by atoms with Gasteiger partial charge in [0.1, 0.15) is 11.9 Å². The quantitative estimate of drug-likeness (QED) is 0.659. The average Bonchev–Trinajstić information content (AvgIpc) is 3.23. The van der Waals surface area contributed by atoms with Gasteiger partial charge in [-0.1, -0.05) is 50.2 Å². The highest BCUT2D eigenvalue weighted by atomic mass is 19.1. The van der Waals surface area contributed by atoms with Crippen LogP contribution in [0.1, 0.15) is 42.5 Å². The van der Waals surface area contributed by atoms with Gasteiger partial charge < -0.3 is 9.47 Å². The monoisotopic (exact) mass is 348 g/mol. The average molecular weight is 348 g/mol. The molecule has 0 saturated heterocycles. The Morgan fingerprint density at radius 2 is 1.69 bits per heavy atom. The van der Waals surface area contributed by atoms with Gasteiger partial charge >= 0.3 is 0 Å². The summed E-state index contributed by atoms with van der Waals surface area (Å²) < 4.78 is 16.4. The normalized spacial score (nSPS) is 16.4. The van der Waals surface area contributed by atoms with Crippen molar-refractivity contribution in [3.05, 3.63) is 89.5 Å². The lowest BCUT2D eigenvalue weighted by Gasteiger charge is -2.19. The van der Waals surface area contributed by atoms with Gasteiger partial charge in [0.2, 0.25) is 0 Å². The molecule has 4 heteroatoms. The summed E-state index contributed by atoms with van der Waals surface area (Å²) in [4.78, 5) is 14.7. The van der Waals surface area contributed by atoms with Crippen molar-refractivity contribution in [3.63, 3.8) is 0 Å². The SMILES string of the molecule is CC(C)c1ccc(CN2C(=O)C(n3cccc3)c3cccc(F)c32)cc1. The van der Waals surface area contributed by atoms with Crippen molar-refractivity contribution in [2.45, 2.75) is 32.4 Å². The van der Waals surface area contributed by atoms with E-state index < -0.39 is 6.04 Å². The molecule has 26 heavy (non-hydrogen) atoms. The van der Waals surface area contributed by atoms with E-state index >= 15 is 0 Å². The number of para-hydroxylation sites is 1. The summed E-state index contributed by atoms with van der Waals surface area (Å²) in [6, 6.07) is 16.3. The lowest BCUT2D eigenvalue weighted by molar-refractivity contribution is -0.120. The van der Waals surface area contributed by atoms with Gasteiger partial charge in [0, 0.05) is 18.0 Å². The van der Waals surface area contributed by atoms with Gasteiger partial charge in [0.05, 0.1) is 12.2 Å². The maximum absolute atomic E-state index is 14.6. The van der Waals surface area contributed by atoms with Crippen LogP contribution in [0, 0.1) is 5.82 Å². The van der Waals surface area contributed by atoms with E-state index in [2.05, 4.69) is 26.0 Å². The highest BCUT2D eigenvalue weighted by Gasteiger charge is 2.39. The molecule has 0 N–H and O–H groups in total. The number of amides is 1. The molecule has 0 fully saturated rings. The largest absolute Gasteiger partial charge is 0.338 e. The molecule has 2 aromatic carbocycles. The molecule has 1 unspecified atom stereocenters. The van der Waals surface area contributed by atoms with E-state index in [-0.39, 0.29) is 11.7 Å². The standard InChI is InChI=1S/C22H21FN2O/c1-15(2)17-10-8-16(9-11-17)14-25-20-18(6-5-7-19(20)23)21(22(25)26)24-12-3-4-13-24/h3-13,15,21H,14H2,1-2H3. The van der Waals surface area contributed by atoms with Crippen molar-refractivity contribution >= 4 is 11.6 Å². The van der Waals surface area contributed by atoms with Crippen LogP contribution in [0.5, 0.6) is 0 Å². The summed E-state index contributed by atoms with van der Waals surface area (Å²) in [7, 11) is 0. The van der Waals surface area contributed by atoms with Crippen LogP contribution in [0.25, 0.3) is 0 Å². The fourth-order valence-electron chi connectivity index (χ4n) is 3.58. The lowest BCUT2D eigenvalue weighted by atomic mass is 10.0. The topological polar surface area (TPSA) is 25.2 Å². The first kappa shape index (κ1) is 16.6. The Hall–Kier alpha value is -2.88. The first-order chi connectivity index (χ1) is 12.6. The van der Waals surface area contributed by atoms with Crippen molar-refractivity contribution in [2.24, 2.45) is 0 Å². The van der Waals surface area contributed by atoms with E-state index in [1.54, 1.807) is 11.0 Å². The fraction of sp³-hybridized carbons (Fsp3) is 0.227. The molecule has 3 nitrogen and oxygen atoms in total. The zero-order valence-electron chi connectivity index (χ0n) is 14.9. The second kappa shape index (κ2) is 6.45. The van der Waals surface area contributed by atoms with Crippen molar-refractivity contribution in [2.75, 3.05) is 4.90 Å². The number of hydrogen-bond acceptors (Lipinski definition) is 1. The predicted molar refractivity (Wildman–Crippen MR) is 101 cm³/mol. The van der Waals surface area contributed by atoms with E-state index in [4.69, 9.17) is 0 Å². The Bertz CT molecular complexity index is 929. The van der Waals surface area contributed by atoms with Gasteiger partial charge in [0.25, 0.3) is 5.91 Å². The molecule has 1 amide bonds. The van der Waals surface area contributed by atoms with Gasteiger partial charge in [-0.25, -0.2) is 4.39 Å². The molecule has 3 aromatic rings. The minimum absolute atomic E-state index is 0.103. The summed E-state index contributed by atoms with van der Waals surface area (Å²) in [6.07, 6.45) is 3.69. The number of carbonyl (C=O) groups excluding carboxylic acids is 1. The van der Waals surface area contributed by atoms with Crippen LogP contribution in [0.15, 0.2) is 67.0 Å². The summed E-state index contributed by atoms with van der Waals surface area (Å²) >= 11 is 0.